The zero-order chi connectivity index (χ0) is 19.5. The molecular formula is C23H20N2O2S. The van der Waals surface area contributed by atoms with Crippen LogP contribution in [0.25, 0.3) is 22.0 Å². The summed E-state index contributed by atoms with van der Waals surface area (Å²) in [6.45, 7) is 0. The van der Waals surface area contributed by atoms with E-state index in [2.05, 4.69) is 52.9 Å². The second-order valence-corrected chi connectivity index (χ2v) is 7.38. The van der Waals surface area contributed by atoms with E-state index >= 15 is 0 Å². The molecule has 0 aliphatic heterocycles. The maximum absolute atomic E-state index is 10.8. The number of anilines is 1. The number of nitrogens with zero attached hydrogens (tertiary/aromatic N) is 1. The predicted octanol–water partition coefficient (Wildman–Crippen LogP) is 5.79. The highest BCUT2D eigenvalue weighted by Gasteiger charge is 2.10. The van der Waals surface area contributed by atoms with Crippen molar-refractivity contribution in [1.29, 1.82) is 0 Å². The highest BCUT2D eigenvalue weighted by Crippen LogP contribution is 2.34. The van der Waals surface area contributed by atoms with E-state index in [1.807, 2.05) is 36.4 Å². The molecule has 5 heteroatoms. The number of aldehydes is 1. The Morgan fingerprint density at radius 3 is 2.43 bits per heavy atom. The van der Waals surface area contributed by atoms with Crippen LogP contribution < -0.4 is 9.46 Å². The summed E-state index contributed by atoms with van der Waals surface area (Å²) < 4.78 is 10.8. The third-order valence-electron chi connectivity index (χ3n) is 4.69. The number of nitrogens with one attached hydrogen (secondary N) is 1. The first kappa shape index (κ1) is 18.2. The van der Waals surface area contributed by atoms with Gasteiger partial charge in [-0.05, 0) is 60.0 Å². The molecule has 0 bridgehead atoms. The van der Waals surface area contributed by atoms with Crippen LogP contribution in [0.2, 0.25) is 0 Å². The van der Waals surface area contributed by atoms with Crippen molar-refractivity contribution < 1.29 is 9.53 Å². The Kier molecular flexibility index (Phi) is 5.08. The fraction of sp³-hybridized carbons (Fsp3) is 0.0870. The predicted molar refractivity (Wildman–Crippen MR) is 116 cm³/mol. The van der Waals surface area contributed by atoms with E-state index in [0.717, 1.165) is 28.2 Å². The van der Waals surface area contributed by atoms with Gasteiger partial charge in [0.05, 0.1) is 7.11 Å². The van der Waals surface area contributed by atoms with Crippen molar-refractivity contribution in [3.63, 3.8) is 0 Å². The number of hydrogen-bond acceptors (Lipinski definition) is 4. The highest BCUT2D eigenvalue weighted by molar-refractivity contribution is 8.00. The lowest BCUT2D eigenvalue weighted by atomic mass is 10.0. The van der Waals surface area contributed by atoms with Crippen LogP contribution in [0.15, 0.2) is 77.8 Å². The molecule has 0 atom stereocenters. The van der Waals surface area contributed by atoms with Gasteiger partial charge in [-0.25, -0.2) is 0 Å². The fourth-order valence-corrected chi connectivity index (χ4v) is 3.82. The van der Waals surface area contributed by atoms with Crippen LogP contribution in [0.4, 0.5) is 5.69 Å². The molecule has 140 valence electrons. The van der Waals surface area contributed by atoms with Crippen LogP contribution >= 0.6 is 11.9 Å². The molecular weight excluding hydrogens is 368 g/mol. The zero-order valence-corrected chi connectivity index (χ0v) is 16.5. The van der Waals surface area contributed by atoms with E-state index in [-0.39, 0.29) is 0 Å². The number of aromatic nitrogens is 1. The Hall–Kier alpha value is -3.18. The van der Waals surface area contributed by atoms with E-state index in [1.165, 1.54) is 28.4 Å². The molecule has 0 spiro atoms. The molecule has 0 fully saturated rings. The lowest BCUT2D eigenvalue weighted by molar-refractivity contribution is 0.112. The third-order valence-corrected chi connectivity index (χ3v) is 5.54. The van der Waals surface area contributed by atoms with Gasteiger partial charge >= 0.3 is 0 Å². The number of carbonyl (C=O) groups is 1. The average Bonchev–Trinajstić information content (AvgIpc) is 3.08. The lowest BCUT2D eigenvalue weighted by Crippen LogP contribution is -1.88. The Balaban J connectivity index is 1.62. The first-order valence-electron chi connectivity index (χ1n) is 8.89. The molecule has 4 aromatic rings. The van der Waals surface area contributed by atoms with Crippen molar-refractivity contribution in [1.82, 2.24) is 4.57 Å². The number of fused-ring (bicyclic) bond motifs is 1. The second kappa shape index (κ2) is 7.82. The van der Waals surface area contributed by atoms with Crippen molar-refractivity contribution in [2.75, 3.05) is 11.8 Å². The first-order valence-corrected chi connectivity index (χ1v) is 9.71. The molecule has 0 aliphatic rings. The van der Waals surface area contributed by atoms with E-state index in [1.54, 1.807) is 7.11 Å². The number of benzene rings is 3. The Bertz CT molecular complexity index is 1120. The van der Waals surface area contributed by atoms with E-state index in [9.17, 15) is 4.79 Å². The summed E-state index contributed by atoms with van der Waals surface area (Å²) in [6, 6.07) is 22.0. The Morgan fingerprint density at radius 2 is 1.75 bits per heavy atom. The van der Waals surface area contributed by atoms with Crippen molar-refractivity contribution in [3.8, 4) is 16.9 Å². The van der Waals surface area contributed by atoms with Crippen LogP contribution in [0, 0.1) is 0 Å². The molecule has 0 saturated carbocycles. The van der Waals surface area contributed by atoms with Gasteiger partial charge in [0.25, 0.3) is 0 Å². The second-order valence-electron chi connectivity index (χ2n) is 6.51. The molecule has 4 nitrogen and oxygen atoms in total. The van der Waals surface area contributed by atoms with Crippen molar-refractivity contribution in [3.05, 3.63) is 78.5 Å². The van der Waals surface area contributed by atoms with Gasteiger partial charge in [-0.1, -0.05) is 24.3 Å². The summed E-state index contributed by atoms with van der Waals surface area (Å²) in [4.78, 5) is 11.8. The van der Waals surface area contributed by atoms with E-state index in [4.69, 9.17) is 4.74 Å². The van der Waals surface area contributed by atoms with Gasteiger partial charge in [-0.15, -0.1) is 0 Å². The largest absolute Gasteiger partial charge is 0.497 e. The van der Waals surface area contributed by atoms with Crippen LogP contribution in [-0.4, -0.2) is 18.0 Å². The van der Waals surface area contributed by atoms with Crippen LogP contribution in [0.5, 0.6) is 5.75 Å². The molecule has 1 aromatic heterocycles. The molecule has 0 radical (unpaired) electrons. The highest BCUT2D eigenvalue weighted by atomic mass is 32.2. The van der Waals surface area contributed by atoms with Crippen molar-refractivity contribution in [2.24, 2.45) is 7.05 Å². The molecule has 1 heterocycles. The lowest BCUT2D eigenvalue weighted by Gasteiger charge is -2.07. The summed E-state index contributed by atoms with van der Waals surface area (Å²) in [5.74, 6) is 0.850. The molecule has 0 saturated heterocycles. The zero-order valence-electron chi connectivity index (χ0n) is 15.7. The average molecular weight is 388 g/mol. The number of carbonyl (C=O) groups excluding carboxylic acids is 1. The summed E-state index contributed by atoms with van der Waals surface area (Å²) in [5, 5.41) is 1.19. The molecule has 28 heavy (non-hydrogen) atoms. The number of ether oxygens (including phenoxy) is 1. The van der Waals surface area contributed by atoms with Crippen LogP contribution in [0.1, 0.15) is 10.4 Å². The summed E-state index contributed by atoms with van der Waals surface area (Å²) >= 11 is 1.53. The standard InChI is InChI=1S/C23H20N2O2S/c1-25-14-22(17-5-8-19(27-2)9-6-17)21-13-18(7-12-23(21)25)24-28-20-10-3-16(15-26)4-11-20/h3-15,24H,1-2H3. The molecule has 0 amide bonds. The van der Waals surface area contributed by atoms with Gasteiger partial charge in [-0.3, -0.25) is 4.79 Å². The molecule has 0 unspecified atom stereocenters. The number of methoxy groups -OCH3 is 1. The number of hydrogen-bond donors (Lipinski definition) is 1. The Morgan fingerprint density at radius 1 is 1.00 bits per heavy atom. The minimum Gasteiger partial charge on any atom is -0.497 e. The monoisotopic (exact) mass is 388 g/mol. The maximum Gasteiger partial charge on any atom is 0.150 e. The smallest absolute Gasteiger partial charge is 0.150 e. The third kappa shape index (κ3) is 3.62. The van der Waals surface area contributed by atoms with Crippen LogP contribution in [0.3, 0.4) is 0 Å². The normalized spacial score (nSPS) is 10.8. The Labute approximate surface area is 168 Å². The van der Waals surface area contributed by atoms with E-state index < -0.39 is 0 Å². The summed E-state index contributed by atoms with van der Waals surface area (Å²) in [6.07, 6.45) is 3.01. The fourth-order valence-electron chi connectivity index (χ4n) is 3.19. The number of aryl methyl sites for hydroxylation is 1. The molecule has 1 N–H and O–H groups in total. The summed E-state index contributed by atoms with van der Waals surface area (Å²) in [5.41, 5.74) is 5.22. The minimum atomic E-state index is 0.680. The summed E-state index contributed by atoms with van der Waals surface area (Å²) in [7, 11) is 3.74. The molecule has 4 rings (SSSR count). The van der Waals surface area contributed by atoms with E-state index in [0.29, 0.717) is 5.56 Å². The van der Waals surface area contributed by atoms with Crippen LogP contribution in [-0.2, 0) is 7.05 Å². The van der Waals surface area contributed by atoms with Crippen molar-refractivity contribution in [2.45, 2.75) is 4.90 Å². The molecule has 0 aliphatic carbocycles. The van der Waals surface area contributed by atoms with Gasteiger partial charge in [0.2, 0.25) is 0 Å². The van der Waals surface area contributed by atoms with Gasteiger partial charge in [0.1, 0.15) is 12.0 Å². The van der Waals surface area contributed by atoms with Gasteiger partial charge in [0, 0.05) is 45.9 Å². The van der Waals surface area contributed by atoms with Gasteiger partial charge in [0.15, 0.2) is 0 Å². The quantitative estimate of drug-likeness (QED) is 0.336. The minimum absolute atomic E-state index is 0.680. The first-order chi connectivity index (χ1) is 13.7. The topological polar surface area (TPSA) is 43.3 Å². The van der Waals surface area contributed by atoms with Gasteiger partial charge in [-0.2, -0.15) is 0 Å². The van der Waals surface area contributed by atoms with Crippen molar-refractivity contribution >= 4 is 34.8 Å². The SMILES string of the molecule is COc1ccc(-c2cn(C)c3ccc(NSc4ccc(C=O)cc4)cc23)cc1. The maximum atomic E-state index is 10.8. The molecule has 3 aromatic carbocycles. The number of rotatable bonds is 6. The van der Waals surface area contributed by atoms with Gasteiger partial charge < -0.3 is 14.0 Å².